The number of hydrogen-bond donors (Lipinski definition) is 2. The number of nitriles is 1. The first-order chi connectivity index (χ1) is 9.24. The zero-order valence-electron chi connectivity index (χ0n) is 10.2. The Hall–Kier alpha value is -2.02. The smallest absolute Gasteiger partial charge is 0.0992 e. The normalized spacial score (nSPS) is 11.6. The van der Waals surface area contributed by atoms with E-state index in [2.05, 4.69) is 5.32 Å². The molecular weight excluding hydrogens is 260 g/mol. The van der Waals surface area contributed by atoms with E-state index in [0.717, 1.165) is 5.56 Å². The maximum atomic E-state index is 9.47. The van der Waals surface area contributed by atoms with E-state index in [1.54, 1.807) is 18.2 Å². The molecule has 0 saturated carbocycles. The van der Waals surface area contributed by atoms with Gasteiger partial charge in [0.15, 0.2) is 0 Å². The molecule has 2 aromatic carbocycles. The van der Waals surface area contributed by atoms with Crippen LogP contribution in [0.5, 0.6) is 0 Å². The molecule has 2 N–H and O–H groups in total. The van der Waals surface area contributed by atoms with Crippen molar-refractivity contribution >= 4 is 17.3 Å². The first-order valence-corrected chi connectivity index (χ1v) is 6.24. The number of rotatable bonds is 4. The standard InChI is InChI=1S/C15H13ClN2O/c16-13-8-11(9-17)6-7-14(13)18-15(10-19)12-4-2-1-3-5-12/h1-8,15,18-19H,10H2. The fourth-order valence-electron chi connectivity index (χ4n) is 1.81. The summed E-state index contributed by atoms with van der Waals surface area (Å²) in [7, 11) is 0. The van der Waals surface area contributed by atoms with E-state index in [1.165, 1.54) is 0 Å². The average Bonchev–Trinajstić information content (AvgIpc) is 2.47. The summed E-state index contributed by atoms with van der Waals surface area (Å²) in [5.41, 5.74) is 2.19. The Labute approximate surface area is 117 Å². The number of nitrogens with zero attached hydrogens (tertiary/aromatic N) is 1. The maximum absolute atomic E-state index is 9.47. The second kappa shape index (κ2) is 6.24. The van der Waals surface area contributed by atoms with Gasteiger partial charge in [-0.25, -0.2) is 0 Å². The monoisotopic (exact) mass is 272 g/mol. The van der Waals surface area contributed by atoms with Crippen LogP contribution in [0.1, 0.15) is 17.2 Å². The lowest BCUT2D eigenvalue weighted by Crippen LogP contribution is -2.14. The fourth-order valence-corrected chi connectivity index (χ4v) is 2.04. The van der Waals surface area contributed by atoms with Crippen molar-refractivity contribution in [2.45, 2.75) is 6.04 Å². The first-order valence-electron chi connectivity index (χ1n) is 5.86. The van der Waals surface area contributed by atoms with Gasteiger partial charge in [0.25, 0.3) is 0 Å². The SMILES string of the molecule is N#Cc1ccc(NC(CO)c2ccccc2)c(Cl)c1. The third-order valence-electron chi connectivity index (χ3n) is 2.81. The predicted octanol–water partition coefficient (Wildman–Crippen LogP) is 3.36. The van der Waals surface area contributed by atoms with Crippen LogP contribution in [0, 0.1) is 11.3 Å². The zero-order chi connectivity index (χ0) is 13.7. The molecule has 0 radical (unpaired) electrons. The van der Waals surface area contributed by atoms with E-state index in [-0.39, 0.29) is 12.6 Å². The van der Waals surface area contributed by atoms with Crippen LogP contribution in [0.25, 0.3) is 0 Å². The highest BCUT2D eigenvalue weighted by molar-refractivity contribution is 6.33. The van der Waals surface area contributed by atoms with Crippen molar-refractivity contribution in [3.63, 3.8) is 0 Å². The van der Waals surface area contributed by atoms with Gasteiger partial charge in [0, 0.05) is 0 Å². The van der Waals surface area contributed by atoms with Crippen molar-refractivity contribution in [1.82, 2.24) is 0 Å². The molecular formula is C15H13ClN2O. The molecule has 0 aliphatic rings. The molecule has 0 fully saturated rings. The lowest BCUT2D eigenvalue weighted by atomic mass is 10.1. The number of anilines is 1. The summed E-state index contributed by atoms with van der Waals surface area (Å²) in [5.74, 6) is 0. The van der Waals surface area contributed by atoms with Crippen LogP contribution in [-0.4, -0.2) is 11.7 Å². The minimum absolute atomic E-state index is 0.0413. The molecule has 0 aliphatic heterocycles. The van der Waals surface area contributed by atoms with Crippen molar-refractivity contribution in [3.05, 3.63) is 64.7 Å². The minimum Gasteiger partial charge on any atom is -0.394 e. The number of benzene rings is 2. The Bertz CT molecular complexity index is 593. The molecule has 0 saturated heterocycles. The Morgan fingerprint density at radius 1 is 1.21 bits per heavy atom. The molecule has 4 heteroatoms. The fraction of sp³-hybridized carbons (Fsp3) is 0.133. The van der Waals surface area contributed by atoms with Gasteiger partial charge in [-0.3, -0.25) is 0 Å². The van der Waals surface area contributed by atoms with Crippen molar-refractivity contribution in [2.75, 3.05) is 11.9 Å². The largest absolute Gasteiger partial charge is 0.394 e. The molecule has 2 rings (SSSR count). The van der Waals surface area contributed by atoms with Crippen LogP contribution >= 0.6 is 11.6 Å². The van der Waals surface area contributed by atoms with Gasteiger partial charge in [-0.1, -0.05) is 41.9 Å². The van der Waals surface area contributed by atoms with Gasteiger partial charge in [0.1, 0.15) is 0 Å². The summed E-state index contributed by atoms with van der Waals surface area (Å²) in [4.78, 5) is 0. The number of hydrogen-bond acceptors (Lipinski definition) is 3. The van der Waals surface area contributed by atoms with Crippen molar-refractivity contribution in [2.24, 2.45) is 0 Å². The third-order valence-corrected chi connectivity index (χ3v) is 3.13. The second-order valence-electron chi connectivity index (χ2n) is 4.10. The van der Waals surface area contributed by atoms with E-state index in [1.807, 2.05) is 36.4 Å². The molecule has 3 nitrogen and oxygen atoms in total. The quantitative estimate of drug-likeness (QED) is 0.897. The summed E-state index contributed by atoms with van der Waals surface area (Å²) < 4.78 is 0. The molecule has 0 aliphatic carbocycles. The molecule has 0 heterocycles. The first kappa shape index (κ1) is 13.4. The van der Waals surface area contributed by atoms with Crippen molar-refractivity contribution in [1.29, 1.82) is 5.26 Å². The molecule has 0 aromatic heterocycles. The summed E-state index contributed by atoms with van der Waals surface area (Å²) in [6.45, 7) is -0.0413. The van der Waals surface area contributed by atoms with Gasteiger partial charge in [-0.05, 0) is 23.8 Å². The number of aliphatic hydroxyl groups excluding tert-OH is 1. The van der Waals surface area contributed by atoms with Crippen LogP contribution in [0.3, 0.4) is 0 Å². The number of aliphatic hydroxyl groups is 1. The van der Waals surface area contributed by atoms with Gasteiger partial charge in [-0.15, -0.1) is 0 Å². The Morgan fingerprint density at radius 2 is 1.95 bits per heavy atom. The molecule has 1 atom stereocenters. The predicted molar refractivity (Wildman–Crippen MR) is 76.1 cm³/mol. The molecule has 1 unspecified atom stereocenters. The number of halogens is 1. The topological polar surface area (TPSA) is 56.0 Å². The Balaban J connectivity index is 2.22. The molecule has 0 spiro atoms. The van der Waals surface area contributed by atoms with E-state index >= 15 is 0 Å². The summed E-state index contributed by atoms with van der Waals surface area (Å²) in [6.07, 6.45) is 0. The summed E-state index contributed by atoms with van der Waals surface area (Å²) >= 11 is 6.10. The maximum Gasteiger partial charge on any atom is 0.0992 e. The van der Waals surface area contributed by atoms with E-state index in [0.29, 0.717) is 16.3 Å². The second-order valence-corrected chi connectivity index (χ2v) is 4.50. The van der Waals surface area contributed by atoms with E-state index < -0.39 is 0 Å². The van der Waals surface area contributed by atoms with Gasteiger partial charge >= 0.3 is 0 Å². The lowest BCUT2D eigenvalue weighted by molar-refractivity contribution is 0.276. The van der Waals surface area contributed by atoms with Crippen LogP contribution < -0.4 is 5.32 Å². The van der Waals surface area contributed by atoms with Gasteiger partial charge in [0.05, 0.1) is 35.0 Å². The highest BCUT2D eigenvalue weighted by Crippen LogP contribution is 2.27. The average molecular weight is 273 g/mol. The number of nitrogens with one attached hydrogen (secondary N) is 1. The molecule has 0 bridgehead atoms. The van der Waals surface area contributed by atoms with Crippen LogP contribution in [0.4, 0.5) is 5.69 Å². The Morgan fingerprint density at radius 3 is 2.53 bits per heavy atom. The van der Waals surface area contributed by atoms with Crippen LogP contribution in [-0.2, 0) is 0 Å². The minimum atomic E-state index is -0.230. The lowest BCUT2D eigenvalue weighted by Gasteiger charge is -2.19. The molecule has 96 valence electrons. The van der Waals surface area contributed by atoms with Gasteiger partial charge < -0.3 is 10.4 Å². The Kier molecular flexibility index (Phi) is 4.40. The highest BCUT2D eigenvalue weighted by Gasteiger charge is 2.11. The van der Waals surface area contributed by atoms with Crippen molar-refractivity contribution < 1.29 is 5.11 Å². The van der Waals surface area contributed by atoms with E-state index in [9.17, 15) is 5.11 Å². The van der Waals surface area contributed by atoms with Crippen LogP contribution in [0.15, 0.2) is 48.5 Å². The van der Waals surface area contributed by atoms with Crippen LogP contribution in [0.2, 0.25) is 5.02 Å². The third kappa shape index (κ3) is 3.25. The van der Waals surface area contributed by atoms with Gasteiger partial charge in [-0.2, -0.15) is 5.26 Å². The molecule has 19 heavy (non-hydrogen) atoms. The summed E-state index contributed by atoms with van der Waals surface area (Å²) in [6, 6.07) is 16.5. The highest BCUT2D eigenvalue weighted by atomic mass is 35.5. The van der Waals surface area contributed by atoms with Gasteiger partial charge in [0.2, 0.25) is 0 Å². The van der Waals surface area contributed by atoms with Crippen molar-refractivity contribution in [3.8, 4) is 6.07 Å². The molecule has 2 aromatic rings. The molecule has 0 amide bonds. The zero-order valence-corrected chi connectivity index (χ0v) is 10.9. The van der Waals surface area contributed by atoms with E-state index in [4.69, 9.17) is 16.9 Å². The summed E-state index contributed by atoms with van der Waals surface area (Å²) in [5, 5.41) is 21.9.